The summed E-state index contributed by atoms with van der Waals surface area (Å²) in [6.07, 6.45) is -0.956. The van der Waals surface area contributed by atoms with E-state index in [4.69, 9.17) is 0 Å². The van der Waals surface area contributed by atoms with E-state index in [0.29, 0.717) is 16.9 Å². The van der Waals surface area contributed by atoms with Crippen LogP contribution in [-0.2, 0) is 19.0 Å². The summed E-state index contributed by atoms with van der Waals surface area (Å²) in [5.41, 5.74) is 1.69. The van der Waals surface area contributed by atoms with Crippen LogP contribution in [-0.4, -0.2) is 9.97 Å². The van der Waals surface area contributed by atoms with Crippen molar-refractivity contribution in [1.29, 1.82) is 0 Å². The molecule has 0 atom stereocenters. The number of nitrogens with zero attached hydrogens (tertiary/aromatic N) is 1. The Bertz CT molecular complexity index is 808. The van der Waals surface area contributed by atoms with Crippen molar-refractivity contribution in [2.24, 2.45) is 0 Å². The van der Waals surface area contributed by atoms with Crippen LogP contribution in [0.1, 0.15) is 22.4 Å². The van der Waals surface area contributed by atoms with Gasteiger partial charge in [0.25, 0.3) is 0 Å². The maximum Gasteiger partial charge on any atom is 0.416 e. The predicted octanol–water partition coefficient (Wildman–Crippen LogP) is 4.80. The number of hydrogen-bond donors (Lipinski definition) is 1. The number of imidazole rings is 1. The zero-order chi connectivity index (χ0) is 14.6. The Kier molecular flexibility index (Phi) is 2.66. The summed E-state index contributed by atoms with van der Waals surface area (Å²) in [6, 6.07) is 5.71. The highest BCUT2D eigenvalue weighted by Gasteiger charge is 2.30. The summed E-state index contributed by atoms with van der Waals surface area (Å²) >= 11 is 1.68. The lowest BCUT2D eigenvalue weighted by Crippen LogP contribution is -2.04. The van der Waals surface area contributed by atoms with Crippen molar-refractivity contribution < 1.29 is 13.2 Å². The van der Waals surface area contributed by atoms with Crippen LogP contribution in [0.2, 0.25) is 0 Å². The Morgan fingerprint density at radius 1 is 1.14 bits per heavy atom. The third kappa shape index (κ3) is 2.14. The molecule has 0 amide bonds. The molecule has 108 valence electrons. The van der Waals surface area contributed by atoms with Gasteiger partial charge in [-0.05, 0) is 49.1 Å². The van der Waals surface area contributed by atoms with Crippen molar-refractivity contribution >= 4 is 22.4 Å². The van der Waals surface area contributed by atoms with E-state index in [2.05, 4.69) is 16.0 Å². The topological polar surface area (TPSA) is 28.7 Å². The third-order valence-electron chi connectivity index (χ3n) is 3.79. The smallest absolute Gasteiger partial charge is 0.337 e. The standard InChI is InChI=1S/C15H11F3N2S/c16-15(17,18)9-4-5-10-11(7-9)20-14(19-10)13-6-8-2-1-3-12(8)21-13/h4-7H,1-3H2,(H,19,20). The average molecular weight is 308 g/mol. The fraction of sp³-hybridized carbons (Fsp3) is 0.267. The monoisotopic (exact) mass is 308 g/mol. The lowest BCUT2D eigenvalue weighted by atomic mass is 10.2. The van der Waals surface area contributed by atoms with E-state index in [9.17, 15) is 13.2 Å². The quantitative estimate of drug-likeness (QED) is 0.687. The van der Waals surface area contributed by atoms with Crippen LogP contribution >= 0.6 is 11.3 Å². The minimum Gasteiger partial charge on any atom is -0.337 e. The van der Waals surface area contributed by atoms with E-state index in [1.807, 2.05) is 0 Å². The van der Waals surface area contributed by atoms with Gasteiger partial charge < -0.3 is 4.98 Å². The molecule has 4 rings (SSSR count). The number of hydrogen-bond acceptors (Lipinski definition) is 2. The highest BCUT2D eigenvalue weighted by atomic mass is 32.1. The third-order valence-corrected chi connectivity index (χ3v) is 5.03. The molecule has 0 fully saturated rings. The molecule has 0 unspecified atom stereocenters. The number of rotatable bonds is 1. The van der Waals surface area contributed by atoms with Crippen molar-refractivity contribution in [1.82, 2.24) is 9.97 Å². The minimum atomic E-state index is -4.33. The molecule has 2 nitrogen and oxygen atoms in total. The maximum absolute atomic E-state index is 12.7. The molecule has 1 aliphatic carbocycles. The summed E-state index contributed by atoms with van der Waals surface area (Å²) in [4.78, 5) is 9.80. The number of benzene rings is 1. The molecule has 2 heterocycles. The van der Waals surface area contributed by atoms with E-state index in [1.54, 1.807) is 11.3 Å². The van der Waals surface area contributed by atoms with Crippen LogP contribution in [0.3, 0.4) is 0 Å². The van der Waals surface area contributed by atoms with Gasteiger partial charge in [0.1, 0.15) is 5.82 Å². The van der Waals surface area contributed by atoms with Gasteiger partial charge in [-0.1, -0.05) is 0 Å². The fourth-order valence-corrected chi connectivity index (χ4v) is 3.95. The summed E-state index contributed by atoms with van der Waals surface area (Å²) in [7, 11) is 0. The molecule has 0 saturated heterocycles. The van der Waals surface area contributed by atoms with Gasteiger partial charge >= 0.3 is 6.18 Å². The first kappa shape index (κ1) is 12.9. The molecule has 3 aromatic rings. The average Bonchev–Trinajstić information content (AvgIpc) is 3.09. The summed E-state index contributed by atoms with van der Waals surface area (Å²) in [6.45, 7) is 0. The van der Waals surface area contributed by atoms with Crippen LogP contribution in [0.4, 0.5) is 13.2 Å². The minimum absolute atomic E-state index is 0.424. The number of aromatic nitrogens is 2. The fourth-order valence-electron chi connectivity index (χ4n) is 2.75. The number of nitrogens with one attached hydrogen (secondary N) is 1. The highest BCUT2D eigenvalue weighted by molar-refractivity contribution is 7.15. The summed E-state index contributed by atoms with van der Waals surface area (Å²) < 4.78 is 38.2. The number of aryl methyl sites for hydroxylation is 2. The molecule has 1 aliphatic rings. The first-order chi connectivity index (χ1) is 10.0. The maximum atomic E-state index is 12.7. The molecule has 21 heavy (non-hydrogen) atoms. The zero-order valence-electron chi connectivity index (χ0n) is 10.9. The predicted molar refractivity (Wildman–Crippen MR) is 76.4 cm³/mol. The molecule has 1 N–H and O–H groups in total. The van der Waals surface area contributed by atoms with Crippen molar-refractivity contribution in [2.45, 2.75) is 25.4 Å². The van der Waals surface area contributed by atoms with Gasteiger partial charge in [-0.3, -0.25) is 0 Å². The SMILES string of the molecule is FC(F)(F)c1ccc2nc(-c3cc4c(s3)CCC4)[nH]c2c1. The van der Waals surface area contributed by atoms with Gasteiger partial charge in [-0.25, -0.2) is 4.98 Å². The normalized spacial score (nSPS) is 14.8. The van der Waals surface area contributed by atoms with E-state index in [1.165, 1.54) is 22.9 Å². The second-order valence-corrected chi connectivity index (χ2v) is 6.36. The van der Waals surface area contributed by atoms with Crippen molar-refractivity contribution in [3.05, 3.63) is 40.3 Å². The largest absolute Gasteiger partial charge is 0.416 e. The van der Waals surface area contributed by atoms with Gasteiger partial charge in [-0.15, -0.1) is 11.3 Å². The van der Waals surface area contributed by atoms with Crippen LogP contribution < -0.4 is 0 Å². The zero-order valence-corrected chi connectivity index (χ0v) is 11.7. The molecule has 6 heteroatoms. The van der Waals surface area contributed by atoms with Crippen LogP contribution in [0.15, 0.2) is 24.3 Å². The Hall–Kier alpha value is -1.82. The Morgan fingerprint density at radius 2 is 2.00 bits per heavy atom. The van der Waals surface area contributed by atoms with Crippen LogP contribution in [0.25, 0.3) is 21.7 Å². The highest BCUT2D eigenvalue weighted by Crippen LogP contribution is 2.37. The molecular weight excluding hydrogens is 297 g/mol. The summed E-state index contributed by atoms with van der Waals surface area (Å²) in [5, 5.41) is 0. The molecule has 0 bridgehead atoms. The number of thiophene rings is 1. The lowest BCUT2D eigenvalue weighted by molar-refractivity contribution is -0.137. The van der Waals surface area contributed by atoms with Gasteiger partial charge in [0, 0.05) is 4.88 Å². The molecule has 0 spiro atoms. The molecular formula is C15H11F3N2S. The van der Waals surface area contributed by atoms with Gasteiger partial charge in [0.05, 0.1) is 21.5 Å². The second kappa shape index (κ2) is 4.34. The second-order valence-electron chi connectivity index (χ2n) is 5.23. The van der Waals surface area contributed by atoms with Crippen molar-refractivity contribution in [2.75, 3.05) is 0 Å². The number of fused-ring (bicyclic) bond motifs is 2. The van der Waals surface area contributed by atoms with Gasteiger partial charge in [0.15, 0.2) is 0 Å². The van der Waals surface area contributed by atoms with Crippen LogP contribution in [0, 0.1) is 0 Å². The number of halogens is 3. The van der Waals surface area contributed by atoms with Crippen molar-refractivity contribution in [3.63, 3.8) is 0 Å². The summed E-state index contributed by atoms with van der Waals surface area (Å²) in [5.74, 6) is 0.656. The molecule has 0 saturated carbocycles. The number of H-pyrrole nitrogens is 1. The molecule has 2 aromatic heterocycles. The van der Waals surface area contributed by atoms with Gasteiger partial charge in [0.2, 0.25) is 0 Å². The van der Waals surface area contributed by atoms with E-state index < -0.39 is 11.7 Å². The van der Waals surface area contributed by atoms with Crippen molar-refractivity contribution in [3.8, 4) is 10.7 Å². The molecule has 1 aromatic carbocycles. The van der Waals surface area contributed by atoms with E-state index in [0.717, 1.165) is 29.9 Å². The van der Waals surface area contributed by atoms with Gasteiger partial charge in [-0.2, -0.15) is 13.2 Å². The lowest BCUT2D eigenvalue weighted by Gasteiger charge is -2.05. The molecule has 0 radical (unpaired) electrons. The Morgan fingerprint density at radius 3 is 2.76 bits per heavy atom. The first-order valence-electron chi connectivity index (χ1n) is 6.69. The Labute approximate surface area is 122 Å². The number of aromatic amines is 1. The molecule has 0 aliphatic heterocycles. The Balaban J connectivity index is 1.79. The van der Waals surface area contributed by atoms with E-state index in [-0.39, 0.29) is 0 Å². The van der Waals surface area contributed by atoms with Crippen LogP contribution in [0.5, 0.6) is 0 Å². The first-order valence-corrected chi connectivity index (χ1v) is 7.51. The number of alkyl halides is 3. The van der Waals surface area contributed by atoms with E-state index >= 15 is 0 Å².